The zero-order chi connectivity index (χ0) is 10.5. The third-order valence-corrected chi connectivity index (χ3v) is 2.05. The molecule has 0 aliphatic heterocycles. The second kappa shape index (κ2) is 4.42. The summed E-state index contributed by atoms with van der Waals surface area (Å²) in [5, 5.41) is 4.27. The van der Waals surface area contributed by atoms with E-state index in [0.717, 1.165) is 11.3 Å². The molecule has 15 heavy (non-hydrogen) atoms. The molecule has 0 aliphatic carbocycles. The van der Waals surface area contributed by atoms with Crippen molar-refractivity contribution in [3.05, 3.63) is 67.0 Å². The highest BCUT2D eigenvalue weighted by Crippen LogP contribution is 2.08. The molecule has 0 radical (unpaired) electrons. The molecule has 0 saturated heterocycles. The lowest BCUT2D eigenvalue weighted by atomic mass is 10.3. The van der Waals surface area contributed by atoms with E-state index in [-0.39, 0.29) is 0 Å². The molecule has 2 rings (SSSR count). The summed E-state index contributed by atoms with van der Waals surface area (Å²) in [6, 6.07) is 10.0. The smallest absolute Gasteiger partial charge is 0.0645 e. The second-order valence-corrected chi connectivity index (χ2v) is 3.15. The lowest BCUT2D eigenvalue weighted by Gasteiger charge is -1.98. The maximum Gasteiger partial charge on any atom is 0.0645 e. The number of aromatic nitrogens is 2. The van der Waals surface area contributed by atoms with E-state index in [9.17, 15) is 0 Å². The van der Waals surface area contributed by atoms with Gasteiger partial charge in [0.2, 0.25) is 0 Å². The van der Waals surface area contributed by atoms with Crippen LogP contribution in [0.5, 0.6) is 0 Å². The van der Waals surface area contributed by atoms with Crippen LogP contribution >= 0.6 is 0 Å². The van der Waals surface area contributed by atoms with Gasteiger partial charge in [-0.05, 0) is 12.1 Å². The van der Waals surface area contributed by atoms with Crippen LogP contribution in [0.4, 0.5) is 0 Å². The zero-order valence-electron chi connectivity index (χ0n) is 8.38. The molecule has 2 nitrogen and oxygen atoms in total. The SMILES string of the molecule is C=C/C=C/c1cnn(-c2ccccc2)c1. The standard InChI is InChI=1S/C13H12N2/c1-2-3-7-12-10-14-15(11-12)13-8-5-4-6-9-13/h2-11H,1H2/b7-3+. The molecule has 74 valence electrons. The Bertz CT molecular complexity index is 466. The van der Waals surface area contributed by atoms with Gasteiger partial charge >= 0.3 is 0 Å². The maximum absolute atomic E-state index is 4.27. The quantitative estimate of drug-likeness (QED) is 0.690. The van der Waals surface area contributed by atoms with Crippen LogP contribution in [0.25, 0.3) is 11.8 Å². The minimum Gasteiger partial charge on any atom is -0.240 e. The van der Waals surface area contributed by atoms with Gasteiger partial charge < -0.3 is 0 Å². The minimum atomic E-state index is 1.07. The first-order valence-electron chi connectivity index (χ1n) is 4.79. The van der Waals surface area contributed by atoms with Gasteiger partial charge in [-0.3, -0.25) is 0 Å². The predicted molar refractivity (Wildman–Crippen MR) is 62.8 cm³/mol. The molecule has 0 saturated carbocycles. The van der Waals surface area contributed by atoms with E-state index in [2.05, 4.69) is 11.7 Å². The second-order valence-electron chi connectivity index (χ2n) is 3.15. The van der Waals surface area contributed by atoms with Gasteiger partial charge in [-0.25, -0.2) is 4.68 Å². The van der Waals surface area contributed by atoms with Crippen molar-refractivity contribution in [2.24, 2.45) is 0 Å². The highest BCUT2D eigenvalue weighted by atomic mass is 15.3. The molecule has 0 spiro atoms. The van der Waals surface area contributed by atoms with Crippen LogP contribution in [-0.2, 0) is 0 Å². The summed E-state index contributed by atoms with van der Waals surface area (Å²) < 4.78 is 1.85. The summed E-state index contributed by atoms with van der Waals surface area (Å²) in [4.78, 5) is 0. The molecule has 0 unspecified atom stereocenters. The average Bonchev–Trinajstić information content (AvgIpc) is 2.76. The van der Waals surface area contributed by atoms with Crippen molar-refractivity contribution in [3.8, 4) is 5.69 Å². The lowest BCUT2D eigenvalue weighted by molar-refractivity contribution is 0.880. The Morgan fingerprint density at radius 3 is 2.73 bits per heavy atom. The molecule has 0 bridgehead atoms. The topological polar surface area (TPSA) is 17.8 Å². The van der Waals surface area contributed by atoms with Crippen molar-refractivity contribution in [2.45, 2.75) is 0 Å². The van der Waals surface area contributed by atoms with Crippen molar-refractivity contribution < 1.29 is 0 Å². The third-order valence-electron chi connectivity index (χ3n) is 2.05. The van der Waals surface area contributed by atoms with Gasteiger partial charge in [-0.15, -0.1) is 0 Å². The summed E-state index contributed by atoms with van der Waals surface area (Å²) in [6.45, 7) is 3.63. The first-order valence-corrected chi connectivity index (χ1v) is 4.79. The average molecular weight is 196 g/mol. The first kappa shape index (κ1) is 9.46. The van der Waals surface area contributed by atoms with Crippen LogP contribution in [0.2, 0.25) is 0 Å². The van der Waals surface area contributed by atoms with E-state index >= 15 is 0 Å². The molecule has 0 amide bonds. The molecule has 2 heteroatoms. The van der Waals surface area contributed by atoms with E-state index < -0.39 is 0 Å². The Kier molecular flexibility index (Phi) is 2.79. The normalized spacial score (nSPS) is 10.7. The number of allylic oxidation sites excluding steroid dienone is 2. The fraction of sp³-hybridized carbons (Fsp3) is 0. The molecular weight excluding hydrogens is 184 g/mol. The number of hydrogen-bond donors (Lipinski definition) is 0. The molecular formula is C13H12N2. The van der Waals surface area contributed by atoms with Crippen molar-refractivity contribution in [1.82, 2.24) is 9.78 Å². The number of benzene rings is 1. The van der Waals surface area contributed by atoms with Crippen LogP contribution in [0.15, 0.2) is 61.5 Å². The van der Waals surface area contributed by atoms with Crippen LogP contribution in [0, 0.1) is 0 Å². The monoisotopic (exact) mass is 196 g/mol. The fourth-order valence-corrected chi connectivity index (χ4v) is 1.32. The first-order chi connectivity index (χ1) is 7.40. The summed E-state index contributed by atoms with van der Waals surface area (Å²) in [5.41, 5.74) is 2.13. The third kappa shape index (κ3) is 2.23. The van der Waals surface area contributed by atoms with Crippen LogP contribution in [-0.4, -0.2) is 9.78 Å². The Morgan fingerprint density at radius 1 is 1.20 bits per heavy atom. The van der Waals surface area contributed by atoms with Crippen molar-refractivity contribution >= 4 is 6.08 Å². The molecule has 0 atom stereocenters. The van der Waals surface area contributed by atoms with Gasteiger partial charge in [0.05, 0.1) is 11.9 Å². The van der Waals surface area contributed by atoms with E-state index in [1.54, 1.807) is 6.08 Å². The largest absolute Gasteiger partial charge is 0.240 e. The Balaban J connectivity index is 2.28. The van der Waals surface area contributed by atoms with Gasteiger partial charge in [-0.2, -0.15) is 5.10 Å². The molecule has 0 N–H and O–H groups in total. The Morgan fingerprint density at radius 2 is 2.00 bits per heavy atom. The van der Waals surface area contributed by atoms with Gasteiger partial charge in [-0.1, -0.05) is 43.0 Å². The Labute approximate surface area is 89.2 Å². The molecule has 2 aromatic rings. The van der Waals surface area contributed by atoms with Crippen LogP contribution in [0.1, 0.15) is 5.56 Å². The fourth-order valence-electron chi connectivity index (χ4n) is 1.32. The molecule has 0 aliphatic rings. The number of hydrogen-bond acceptors (Lipinski definition) is 1. The number of nitrogens with zero attached hydrogens (tertiary/aromatic N) is 2. The molecule has 1 aromatic heterocycles. The summed E-state index contributed by atoms with van der Waals surface area (Å²) in [5.74, 6) is 0. The molecule has 1 aromatic carbocycles. The molecule has 0 fully saturated rings. The van der Waals surface area contributed by atoms with Crippen molar-refractivity contribution in [3.63, 3.8) is 0 Å². The van der Waals surface area contributed by atoms with Gasteiger partial charge in [0.15, 0.2) is 0 Å². The highest BCUT2D eigenvalue weighted by Gasteiger charge is 1.96. The van der Waals surface area contributed by atoms with Crippen molar-refractivity contribution in [2.75, 3.05) is 0 Å². The highest BCUT2D eigenvalue weighted by molar-refractivity contribution is 5.49. The maximum atomic E-state index is 4.27. The minimum absolute atomic E-state index is 1.07. The number of rotatable bonds is 3. The van der Waals surface area contributed by atoms with Crippen LogP contribution in [0.3, 0.4) is 0 Å². The predicted octanol–water partition coefficient (Wildman–Crippen LogP) is 3.07. The Hall–Kier alpha value is -2.09. The summed E-state index contributed by atoms with van der Waals surface area (Å²) >= 11 is 0. The van der Waals surface area contributed by atoms with E-state index in [1.165, 1.54) is 0 Å². The van der Waals surface area contributed by atoms with Crippen molar-refractivity contribution in [1.29, 1.82) is 0 Å². The molecule has 1 heterocycles. The van der Waals surface area contributed by atoms with Gasteiger partial charge in [0.25, 0.3) is 0 Å². The number of para-hydroxylation sites is 1. The summed E-state index contributed by atoms with van der Waals surface area (Å²) in [6.07, 6.45) is 9.42. The zero-order valence-corrected chi connectivity index (χ0v) is 8.38. The summed E-state index contributed by atoms with van der Waals surface area (Å²) in [7, 11) is 0. The van der Waals surface area contributed by atoms with Gasteiger partial charge in [0, 0.05) is 11.8 Å². The van der Waals surface area contributed by atoms with Crippen LogP contribution < -0.4 is 0 Å². The van der Waals surface area contributed by atoms with E-state index in [4.69, 9.17) is 0 Å². The van der Waals surface area contributed by atoms with E-state index in [0.29, 0.717) is 0 Å². The van der Waals surface area contributed by atoms with Gasteiger partial charge in [0.1, 0.15) is 0 Å². The lowest BCUT2D eigenvalue weighted by Crippen LogP contribution is -1.92. The van der Waals surface area contributed by atoms with E-state index in [1.807, 2.05) is 59.6 Å².